The molecular weight excluding hydrogens is 392 g/mol. The highest BCUT2D eigenvalue weighted by Crippen LogP contribution is 2.28. The standard InChI is InChI=1S/C21H19ClN4O3/c1-2-18-24-20(25-29-18)13-5-3-7-16(9-13)23-21(28)14-10-19(27)26(12-14)17-8-4-6-15(22)11-17/h3-9,11,14H,2,10,12H2,1H3,(H,23,28). The van der Waals surface area contributed by atoms with E-state index in [-0.39, 0.29) is 18.2 Å². The molecule has 0 spiro atoms. The van der Waals surface area contributed by atoms with Crippen LogP contribution in [0.2, 0.25) is 5.02 Å². The Labute approximate surface area is 172 Å². The van der Waals surface area contributed by atoms with E-state index < -0.39 is 5.92 Å². The monoisotopic (exact) mass is 410 g/mol. The van der Waals surface area contributed by atoms with Crippen molar-refractivity contribution in [3.05, 3.63) is 59.4 Å². The van der Waals surface area contributed by atoms with Crippen molar-refractivity contribution in [1.29, 1.82) is 0 Å². The molecule has 148 valence electrons. The molecule has 0 aliphatic carbocycles. The fourth-order valence-corrected chi connectivity index (χ4v) is 3.46. The van der Waals surface area contributed by atoms with Gasteiger partial charge in [-0.25, -0.2) is 0 Å². The highest BCUT2D eigenvalue weighted by Gasteiger charge is 2.35. The number of aromatic nitrogens is 2. The summed E-state index contributed by atoms with van der Waals surface area (Å²) in [5.41, 5.74) is 2.06. The van der Waals surface area contributed by atoms with E-state index in [1.807, 2.05) is 25.1 Å². The predicted molar refractivity (Wildman–Crippen MR) is 110 cm³/mol. The van der Waals surface area contributed by atoms with E-state index in [1.165, 1.54) is 0 Å². The number of anilines is 2. The van der Waals surface area contributed by atoms with Gasteiger partial charge in [-0.1, -0.05) is 41.9 Å². The van der Waals surface area contributed by atoms with Crippen molar-refractivity contribution in [2.75, 3.05) is 16.8 Å². The third-order valence-electron chi connectivity index (χ3n) is 4.77. The minimum atomic E-state index is -0.443. The zero-order chi connectivity index (χ0) is 20.4. The van der Waals surface area contributed by atoms with Gasteiger partial charge in [0.25, 0.3) is 0 Å². The summed E-state index contributed by atoms with van der Waals surface area (Å²) in [4.78, 5) is 31.0. The number of carbonyl (C=O) groups is 2. The summed E-state index contributed by atoms with van der Waals surface area (Å²) in [5, 5.41) is 7.39. The van der Waals surface area contributed by atoms with Crippen LogP contribution in [0, 0.1) is 5.92 Å². The van der Waals surface area contributed by atoms with E-state index in [9.17, 15) is 9.59 Å². The molecule has 1 N–H and O–H groups in total. The molecule has 1 atom stereocenters. The molecular formula is C21H19ClN4O3. The number of hydrogen-bond acceptors (Lipinski definition) is 5. The normalized spacial score (nSPS) is 16.3. The molecule has 1 unspecified atom stereocenters. The van der Waals surface area contributed by atoms with Gasteiger partial charge in [-0.2, -0.15) is 4.98 Å². The van der Waals surface area contributed by atoms with Gasteiger partial charge in [0.1, 0.15) is 0 Å². The lowest BCUT2D eigenvalue weighted by molar-refractivity contribution is -0.122. The summed E-state index contributed by atoms with van der Waals surface area (Å²) in [7, 11) is 0. The van der Waals surface area contributed by atoms with Crippen LogP contribution in [0.5, 0.6) is 0 Å². The van der Waals surface area contributed by atoms with Gasteiger partial charge in [0, 0.05) is 41.3 Å². The number of benzene rings is 2. The summed E-state index contributed by atoms with van der Waals surface area (Å²) in [5.74, 6) is 0.283. The van der Waals surface area contributed by atoms with Gasteiger partial charge in [0.15, 0.2) is 0 Å². The quantitative estimate of drug-likeness (QED) is 0.688. The van der Waals surface area contributed by atoms with Gasteiger partial charge in [-0.15, -0.1) is 0 Å². The zero-order valence-corrected chi connectivity index (χ0v) is 16.5. The van der Waals surface area contributed by atoms with Crippen molar-refractivity contribution in [3.8, 4) is 11.4 Å². The van der Waals surface area contributed by atoms with Crippen LogP contribution in [-0.4, -0.2) is 28.5 Å². The number of rotatable bonds is 5. The Kier molecular flexibility index (Phi) is 5.31. The molecule has 1 fully saturated rings. The van der Waals surface area contributed by atoms with Crippen LogP contribution in [0.4, 0.5) is 11.4 Å². The third-order valence-corrected chi connectivity index (χ3v) is 5.01. The van der Waals surface area contributed by atoms with E-state index in [1.54, 1.807) is 35.2 Å². The van der Waals surface area contributed by atoms with E-state index in [4.69, 9.17) is 16.1 Å². The number of carbonyl (C=O) groups excluding carboxylic acids is 2. The number of amides is 2. The molecule has 0 saturated carbocycles. The van der Waals surface area contributed by atoms with Crippen LogP contribution < -0.4 is 10.2 Å². The van der Waals surface area contributed by atoms with Crippen LogP contribution in [0.25, 0.3) is 11.4 Å². The minimum Gasteiger partial charge on any atom is -0.339 e. The first kappa shape index (κ1) is 19.1. The Morgan fingerprint density at radius 3 is 2.86 bits per heavy atom. The number of nitrogens with one attached hydrogen (secondary N) is 1. The van der Waals surface area contributed by atoms with Crippen molar-refractivity contribution in [2.24, 2.45) is 5.92 Å². The van der Waals surface area contributed by atoms with Crippen LogP contribution in [0.15, 0.2) is 53.1 Å². The van der Waals surface area contributed by atoms with Crippen molar-refractivity contribution >= 4 is 34.8 Å². The van der Waals surface area contributed by atoms with Crippen molar-refractivity contribution < 1.29 is 14.1 Å². The first-order valence-electron chi connectivity index (χ1n) is 9.33. The predicted octanol–water partition coefficient (Wildman–Crippen LogP) is 3.94. The summed E-state index contributed by atoms with van der Waals surface area (Å²) >= 11 is 6.02. The van der Waals surface area contributed by atoms with Crippen LogP contribution >= 0.6 is 11.6 Å². The Balaban J connectivity index is 1.46. The molecule has 1 aliphatic heterocycles. The van der Waals surface area contributed by atoms with Crippen molar-refractivity contribution in [3.63, 3.8) is 0 Å². The lowest BCUT2D eigenvalue weighted by atomic mass is 10.1. The molecule has 29 heavy (non-hydrogen) atoms. The lowest BCUT2D eigenvalue weighted by Gasteiger charge is -2.17. The molecule has 0 bridgehead atoms. The van der Waals surface area contributed by atoms with Crippen LogP contribution in [0.1, 0.15) is 19.2 Å². The van der Waals surface area contributed by atoms with Gasteiger partial charge < -0.3 is 14.7 Å². The Morgan fingerprint density at radius 1 is 1.28 bits per heavy atom. The molecule has 1 aromatic heterocycles. The van der Waals surface area contributed by atoms with Crippen molar-refractivity contribution in [2.45, 2.75) is 19.8 Å². The molecule has 0 radical (unpaired) electrons. The average Bonchev–Trinajstić information content (AvgIpc) is 3.35. The summed E-state index contributed by atoms with van der Waals surface area (Å²) in [6.45, 7) is 2.25. The number of halogens is 1. The number of aryl methyl sites for hydroxylation is 1. The second kappa shape index (κ2) is 8.05. The lowest BCUT2D eigenvalue weighted by Crippen LogP contribution is -2.28. The molecule has 1 saturated heterocycles. The Morgan fingerprint density at radius 2 is 2.10 bits per heavy atom. The summed E-state index contributed by atoms with van der Waals surface area (Å²) < 4.78 is 5.14. The fourth-order valence-electron chi connectivity index (χ4n) is 3.27. The summed E-state index contributed by atoms with van der Waals surface area (Å²) in [6, 6.07) is 14.3. The highest BCUT2D eigenvalue weighted by atomic mass is 35.5. The molecule has 2 heterocycles. The van der Waals surface area contributed by atoms with Crippen LogP contribution in [-0.2, 0) is 16.0 Å². The van der Waals surface area contributed by atoms with Gasteiger partial charge in [0.05, 0.1) is 5.92 Å². The number of nitrogens with zero attached hydrogens (tertiary/aromatic N) is 3. The molecule has 4 rings (SSSR count). The minimum absolute atomic E-state index is 0.0972. The highest BCUT2D eigenvalue weighted by molar-refractivity contribution is 6.31. The SMILES string of the molecule is CCc1nc(-c2cccc(NC(=O)C3CC(=O)N(c4cccc(Cl)c4)C3)c2)no1. The second-order valence-electron chi connectivity index (χ2n) is 6.82. The van der Waals surface area contributed by atoms with E-state index in [2.05, 4.69) is 15.5 Å². The van der Waals surface area contributed by atoms with Gasteiger partial charge in [-0.05, 0) is 30.3 Å². The molecule has 3 aromatic rings. The smallest absolute Gasteiger partial charge is 0.229 e. The largest absolute Gasteiger partial charge is 0.339 e. The third kappa shape index (κ3) is 4.14. The maximum absolute atomic E-state index is 12.7. The Hall–Kier alpha value is -3.19. The first-order valence-corrected chi connectivity index (χ1v) is 9.71. The molecule has 7 nitrogen and oxygen atoms in total. The van der Waals surface area contributed by atoms with Crippen LogP contribution in [0.3, 0.4) is 0 Å². The number of hydrogen-bond donors (Lipinski definition) is 1. The molecule has 2 aromatic carbocycles. The molecule has 2 amide bonds. The van der Waals surface area contributed by atoms with E-state index >= 15 is 0 Å². The fraction of sp³-hybridized carbons (Fsp3) is 0.238. The maximum Gasteiger partial charge on any atom is 0.229 e. The molecule has 8 heteroatoms. The first-order chi connectivity index (χ1) is 14.0. The van der Waals surface area contributed by atoms with E-state index in [0.29, 0.717) is 41.1 Å². The second-order valence-corrected chi connectivity index (χ2v) is 7.26. The van der Waals surface area contributed by atoms with Gasteiger partial charge in [0.2, 0.25) is 23.5 Å². The average molecular weight is 411 g/mol. The van der Waals surface area contributed by atoms with E-state index in [0.717, 1.165) is 5.56 Å². The molecule has 1 aliphatic rings. The maximum atomic E-state index is 12.7. The summed E-state index contributed by atoms with van der Waals surface area (Å²) in [6.07, 6.45) is 0.811. The topological polar surface area (TPSA) is 88.3 Å². The van der Waals surface area contributed by atoms with Gasteiger partial charge >= 0.3 is 0 Å². The zero-order valence-electron chi connectivity index (χ0n) is 15.8. The Bertz CT molecular complexity index is 1070. The van der Waals surface area contributed by atoms with Gasteiger partial charge in [-0.3, -0.25) is 9.59 Å². The van der Waals surface area contributed by atoms with Crippen molar-refractivity contribution in [1.82, 2.24) is 10.1 Å².